The Morgan fingerprint density at radius 3 is 2.96 bits per heavy atom. The molecule has 7 nitrogen and oxygen atoms in total. The van der Waals surface area contributed by atoms with Crippen LogP contribution in [0.15, 0.2) is 43.1 Å². The van der Waals surface area contributed by atoms with Crippen LogP contribution in [0.25, 0.3) is 0 Å². The number of ether oxygens (including phenoxy) is 1. The third-order valence-corrected chi connectivity index (χ3v) is 4.99. The summed E-state index contributed by atoms with van der Waals surface area (Å²) in [5.74, 6) is 0.329. The molecule has 130 valence electrons. The van der Waals surface area contributed by atoms with Crippen molar-refractivity contribution in [2.45, 2.75) is 25.0 Å². The highest BCUT2D eigenvalue weighted by Crippen LogP contribution is 2.35. The van der Waals surface area contributed by atoms with E-state index in [0.29, 0.717) is 24.8 Å². The standard InChI is InChI=1S/C18H21N5O2/c24-18(15-12-20-6-7-21-15)23-8-9-25-17-13(3-4-16(17)23)10-22-14-2-1-5-19-11-14/h1-2,5-7,11-13,16-17,22H,3-4,8-10H2/t13-,16-,17+/m0/s1. The number of carbonyl (C=O) groups is 1. The molecule has 7 heteroatoms. The molecule has 25 heavy (non-hydrogen) atoms. The summed E-state index contributed by atoms with van der Waals surface area (Å²) in [4.78, 5) is 27.0. The van der Waals surface area contributed by atoms with E-state index in [2.05, 4.69) is 20.3 Å². The number of rotatable bonds is 4. The van der Waals surface area contributed by atoms with Crippen molar-refractivity contribution in [3.8, 4) is 0 Å². The Morgan fingerprint density at radius 2 is 2.16 bits per heavy atom. The maximum Gasteiger partial charge on any atom is 0.274 e. The first-order valence-corrected chi connectivity index (χ1v) is 8.65. The number of pyridine rings is 1. The van der Waals surface area contributed by atoms with Gasteiger partial charge in [-0.3, -0.25) is 14.8 Å². The largest absolute Gasteiger partial charge is 0.383 e. The zero-order chi connectivity index (χ0) is 17.1. The van der Waals surface area contributed by atoms with Crippen molar-refractivity contribution >= 4 is 11.6 Å². The Balaban J connectivity index is 1.42. The van der Waals surface area contributed by atoms with Gasteiger partial charge in [-0.05, 0) is 25.0 Å². The first-order chi connectivity index (χ1) is 12.3. The zero-order valence-corrected chi connectivity index (χ0v) is 13.9. The zero-order valence-electron chi connectivity index (χ0n) is 13.9. The average Bonchev–Trinajstić information content (AvgIpc) is 3.10. The number of fused-ring (bicyclic) bond motifs is 1. The molecule has 0 radical (unpaired) electrons. The molecule has 0 unspecified atom stereocenters. The summed E-state index contributed by atoms with van der Waals surface area (Å²) in [6, 6.07) is 4.03. The van der Waals surface area contributed by atoms with Gasteiger partial charge in [0.05, 0.1) is 30.6 Å². The minimum Gasteiger partial charge on any atom is -0.383 e. The molecule has 1 N–H and O–H groups in total. The minimum atomic E-state index is -0.0488. The van der Waals surface area contributed by atoms with Crippen LogP contribution in [0, 0.1) is 5.92 Å². The van der Waals surface area contributed by atoms with Crippen LogP contribution in [-0.4, -0.2) is 57.6 Å². The molecule has 3 heterocycles. The summed E-state index contributed by atoms with van der Waals surface area (Å²) in [5.41, 5.74) is 1.41. The highest BCUT2D eigenvalue weighted by atomic mass is 16.5. The van der Waals surface area contributed by atoms with Gasteiger partial charge in [0.1, 0.15) is 5.69 Å². The normalized spacial score (nSPS) is 25.4. The van der Waals surface area contributed by atoms with Gasteiger partial charge >= 0.3 is 0 Å². The van der Waals surface area contributed by atoms with Crippen LogP contribution in [-0.2, 0) is 4.74 Å². The highest BCUT2D eigenvalue weighted by Gasteiger charge is 2.44. The van der Waals surface area contributed by atoms with E-state index in [4.69, 9.17) is 4.74 Å². The van der Waals surface area contributed by atoms with Crippen LogP contribution in [0.2, 0.25) is 0 Å². The summed E-state index contributed by atoms with van der Waals surface area (Å²) < 4.78 is 6.03. The molecule has 1 aliphatic carbocycles. The minimum absolute atomic E-state index is 0.0488. The molecule has 1 saturated carbocycles. The molecule has 2 aromatic heterocycles. The van der Waals surface area contributed by atoms with Crippen molar-refractivity contribution in [1.82, 2.24) is 19.9 Å². The van der Waals surface area contributed by atoms with E-state index in [1.807, 2.05) is 23.2 Å². The van der Waals surface area contributed by atoms with Crippen molar-refractivity contribution in [3.05, 3.63) is 48.8 Å². The number of nitrogens with zero attached hydrogens (tertiary/aromatic N) is 4. The van der Waals surface area contributed by atoms with Gasteiger partial charge in [0.2, 0.25) is 0 Å². The van der Waals surface area contributed by atoms with Gasteiger partial charge in [-0.1, -0.05) is 0 Å². The fourth-order valence-electron chi connectivity index (χ4n) is 3.80. The molecule has 1 amide bonds. The molecule has 3 atom stereocenters. The summed E-state index contributed by atoms with van der Waals surface area (Å²) in [5, 5.41) is 3.43. The quantitative estimate of drug-likeness (QED) is 0.911. The molecule has 1 saturated heterocycles. The molecule has 0 aromatic carbocycles. The fraction of sp³-hybridized carbons (Fsp3) is 0.444. The smallest absolute Gasteiger partial charge is 0.274 e. The van der Waals surface area contributed by atoms with Crippen LogP contribution in [0.5, 0.6) is 0 Å². The van der Waals surface area contributed by atoms with Crippen molar-refractivity contribution in [3.63, 3.8) is 0 Å². The molecule has 1 aliphatic heterocycles. The molecule has 2 fully saturated rings. The number of hydrogen-bond donors (Lipinski definition) is 1. The van der Waals surface area contributed by atoms with E-state index in [1.165, 1.54) is 6.20 Å². The van der Waals surface area contributed by atoms with E-state index in [9.17, 15) is 4.79 Å². The fourth-order valence-corrected chi connectivity index (χ4v) is 3.80. The second kappa shape index (κ2) is 7.14. The number of hydrogen-bond acceptors (Lipinski definition) is 6. The lowest BCUT2D eigenvalue weighted by atomic mass is 10.0. The van der Waals surface area contributed by atoms with Crippen molar-refractivity contribution in [2.75, 3.05) is 25.0 Å². The second-order valence-electron chi connectivity index (χ2n) is 6.45. The number of carbonyl (C=O) groups excluding carboxylic acids is 1. The Labute approximate surface area is 146 Å². The molecule has 0 spiro atoms. The summed E-state index contributed by atoms with van der Waals surface area (Å²) >= 11 is 0. The number of aromatic nitrogens is 3. The first-order valence-electron chi connectivity index (χ1n) is 8.65. The van der Waals surface area contributed by atoms with Crippen LogP contribution >= 0.6 is 0 Å². The van der Waals surface area contributed by atoms with Gasteiger partial charge in [-0.25, -0.2) is 4.98 Å². The summed E-state index contributed by atoms with van der Waals surface area (Å²) in [6.45, 7) is 2.00. The maximum atomic E-state index is 12.8. The lowest BCUT2D eigenvalue weighted by Crippen LogP contribution is -2.53. The van der Waals surface area contributed by atoms with E-state index < -0.39 is 0 Å². The number of nitrogens with one attached hydrogen (secondary N) is 1. The van der Waals surface area contributed by atoms with Gasteiger partial charge in [-0.15, -0.1) is 0 Å². The second-order valence-corrected chi connectivity index (χ2v) is 6.45. The predicted octanol–water partition coefficient (Wildman–Crippen LogP) is 1.60. The molecule has 0 bridgehead atoms. The molecular formula is C18H21N5O2. The van der Waals surface area contributed by atoms with Crippen molar-refractivity contribution < 1.29 is 9.53 Å². The first kappa shape index (κ1) is 16.0. The predicted molar refractivity (Wildman–Crippen MR) is 92.0 cm³/mol. The third kappa shape index (κ3) is 3.32. The highest BCUT2D eigenvalue weighted by molar-refractivity contribution is 5.92. The van der Waals surface area contributed by atoms with E-state index in [-0.39, 0.29) is 18.1 Å². The number of anilines is 1. The average molecular weight is 339 g/mol. The lowest BCUT2D eigenvalue weighted by Gasteiger charge is -2.39. The van der Waals surface area contributed by atoms with E-state index >= 15 is 0 Å². The van der Waals surface area contributed by atoms with Gasteiger partial charge in [0.25, 0.3) is 5.91 Å². The SMILES string of the molecule is O=C(c1cnccn1)N1CCO[C@@H]2[C@H](CNc3cccnc3)CC[C@@H]21. The molecular weight excluding hydrogens is 318 g/mol. The van der Waals surface area contributed by atoms with Crippen LogP contribution < -0.4 is 5.32 Å². The van der Waals surface area contributed by atoms with E-state index in [0.717, 1.165) is 25.1 Å². The van der Waals surface area contributed by atoms with Crippen LogP contribution in [0.4, 0.5) is 5.69 Å². The molecule has 2 aliphatic rings. The summed E-state index contributed by atoms with van der Waals surface area (Å²) in [6.07, 6.45) is 10.3. The lowest BCUT2D eigenvalue weighted by molar-refractivity contribution is -0.0603. The molecule has 2 aromatic rings. The van der Waals surface area contributed by atoms with Gasteiger partial charge in [0, 0.05) is 43.8 Å². The Morgan fingerprint density at radius 1 is 1.24 bits per heavy atom. The van der Waals surface area contributed by atoms with Gasteiger partial charge in [-0.2, -0.15) is 0 Å². The number of amides is 1. The Kier molecular flexibility index (Phi) is 4.56. The maximum absolute atomic E-state index is 12.8. The third-order valence-electron chi connectivity index (χ3n) is 4.99. The molecule has 4 rings (SSSR count). The number of morpholine rings is 1. The van der Waals surface area contributed by atoms with Crippen LogP contribution in [0.1, 0.15) is 23.3 Å². The Hall–Kier alpha value is -2.54. The Bertz CT molecular complexity index is 712. The topological polar surface area (TPSA) is 80.2 Å². The monoisotopic (exact) mass is 339 g/mol. The van der Waals surface area contributed by atoms with E-state index in [1.54, 1.807) is 18.6 Å². The van der Waals surface area contributed by atoms with Gasteiger partial charge < -0.3 is 15.0 Å². The van der Waals surface area contributed by atoms with Crippen LogP contribution in [0.3, 0.4) is 0 Å². The van der Waals surface area contributed by atoms with Crippen molar-refractivity contribution in [2.24, 2.45) is 5.92 Å². The van der Waals surface area contributed by atoms with Gasteiger partial charge in [0.15, 0.2) is 0 Å². The summed E-state index contributed by atoms with van der Waals surface area (Å²) in [7, 11) is 0. The van der Waals surface area contributed by atoms with Crippen molar-refractivity contribution in [1.29, 1.82) is 0 Å².